The molecule has 5 amide bonds. The summed E-state index contributed by atoms with van der Waals surface area (Å²) < 4.78 is 5.53. The Hall–Kier alpha value is -4.00. The Balaban J connectivity index is 2.65. The molecule has 1 rings (SSSR count). The second-order valence-corrected chi connectivity index (χ2v) is 16.3. The minimum absolute atomic E-state index is 0.0144. The van der Waals surface area contributed by atoms with E-state index in [0.717, 1.165) is 5.56 Å². The smallest absolute Gasteiger partial charge is 0.311 e. The molecule has 1 aromatic carbocycles. The summed E-state index contributed by atoms with van der Waals surface area (Å²) >= 11 is 0. The molecule has 0 unspecified atom stereocenters. The third-order valence-electron chi connectivity index (χ3n) is 9.26. The number of nitrogens with two attached hydrogens (primary N) is 1. The number of nitrogens with one attached hydrogen (secondary N) is 5. The van der Waals surface area contributed by atoms with E-state index in [1.807, 2.05) is 85.7 Å². The predicted octanol–water partition coefficient (Wildman–Crippen LogP) is 3.84. The Morgan fingerprint density at radius 3 is 1.76 bits per heavy atom. The first-order valence-electron chi connectivity index (χ1n) is 19.7. The van der Waals surface area contributed by atoms with Gasteiger partial charge in [0.2, 0.25) is 29.5 Å². The van der Waals surface area contributed by atoms with Crippen LogP contribution in [0.4, 0.5) is 0 Å². The number of benzene rings is 1. The van der Waals surface area contributed by atoms with Crippen LogP contribution in [0.25, 0.3) is 0 Å². The Labute approximate surface area is 323 Å². The Morgan fingerprint density at radius 2 is 1.19 bits per heavy atom. The van der Waals surface area contributed by atoms with Crippen molar-refractivity contribution in [1.29, 1.82) is 0 Å². The molecule has 0 fully saturated rings. The molecule has 0 saturated heterocycles. The molecule has 0 aliphatic heterocycles. The largest absolute Gasteiger partial charge is 0.461 e. The average Bonchev–Trinajstić information content (AvgIpc) is 3.07. The van der Waals surface area contributed by atoms with E-state index in [9.17, 15) is 28.8 Å². The molecule has 0 saturated carbocycles. The zero-order chi connectivity index (χ0) is 41.0. The summed E-state index contributed by atoms with van der Waals surface area (Å²) in [6, 6.07) is 8.22. The van der Waals surface area contributed by atoms with Gasteiger partial charge in [-0.15, -0.1) is 0 Å². The third kappa shape index (κ3) is 20.5. The van der Waals surface area contributed by atoms with Crippen molar-refractivity contribution in [2.45, 2.75) is 126 Å². The van der Waals surface area contributed by atoms with Crippen LogP contribution >= 0.6 is 0 Å². The molecule has 306 valence electrons. The lowest BCUT2D eigenvalue weighted by molar-refractivity contribution is -0.150. The first-order valence-corrected chi connectivity index (χ1v) is 19.7. The lowest BCUT2D eigenvalue weighted by Crippen LogP contribution is -2.47. The van der Waals surface area contributed by atoms with Crippen molar-refractivity contribution in [3.8, 4) is 0 Å². The van der Waals surface area contributed by atoms with Gasteiger partial charge in [-0.1, -0.05) is 92.6 Å². The van der Waals surface area contributed by atoms with E-state index < -0.39 is 29.8 Å². The Kier molecular flexibility index (Phi) is 22.4. The van der Waals surface area contributed by atoms with E-state index in [0.29, 0.717) is 12.8 Å². The highest BCUT2D eigenvalue weighted by Crippen LogP contribution is 2.16. The monoisotopic (exact) mass is 759 g/mol. The van der Waals surface area contributed by atoms with Crippen LogP contribution in [0.3, 0.4) is 0 Å². The van der Waals surface area contributed by atoms with Gasteiger partial charge >= 0.3 is 5.97 Å². The van der Waals surface area contributed by atoms with Gasteiger partial charge in [-0.3, -0.25) is 28.8 Å². The predicted molar refractivity (Wildman–Crippen MR) is 211 cm³/mol. The van der Waals surface area contributed by atoms with Crippen LogP contribution in [0.5, 0.6) is 0 Å². The topological polar surface area (TPSA) is 198 Å². The highest BCUT2D eigenvalue weighted by atomic mass is 16.5. The zero-order valence-corrected chi connectivity index (χ0v) is 34.5. The number of rotatable bonds is 25. The normalized spacial score (nSPS) is 14.8. The Bertz CT molecular complexity index is 1320. The molecule has 13 heteroatoms. The van der Waals surface area contributed by atoms with Gasteiger partial charge in [0, 0.05) is 57.0 Å². The summed E-state index contributed by atoms with van der Waals surface area (Å²) in [5, 5.41) is 14.3. The first-order chi connectivity index (χ1) is 25.3. The molecule has 0 aliphatic carbocycles. The van der Waals surface area contributed by atoms with Gasteiger partial charge in [0.25, 0.3) is 0 Å². The summed E-state index contributed by atoms with van der Waals surface area (Å²) in [5.74, 6) is -2.81. The Morgan fingerprint density at radius 1 is 0.630 bits per heavy atom. The highest BCUT2D eigenvalue weighted by molar-refractivity contribution is 5.84. The lowest BCUT2D eigenvalue weighted by atomic mass is 9.94. The molecule has 0 heterocycles. The molecular formula is C41H70N6O7. The second-order valence-electron chi connectivity index (χ2n) is 16.3. The highest BCUT2D eigenvalue weighted by Gasteiger charge is 2.27. The van der Waals surface area contributed by atoms with Gasteiger partial charge in [-0.25, -0.2) is 0 Å². The van der Waals surface area contributed by atoms with Crippen LogP contribution in [0, 0.1) is 41.4 Å². The summed E-state index contributed by atoms with van der Waals surface area (Å²) in [4.78, 5) is 77.3. The molecule has 0 spiro atoms. The molecule has 13 nitrogen and oxygen atoms in total. The number of esters is 1. The maximum atomic E-state index is 13.3. The number of carbonyl (C=O) groups is 6. The second kappa shape index (κ2) is 25.1. The molecule has 7 N–H and O–H groups in total. The zero-order valence-electron chi connectivity index (χ0n) is 34.5. The number of ether oxygens (including phenoxy) is 1. The summed E-state index contributed by atoms with van der Waals surface area (Å²) in [7, 11) is 0. The fourth-order valence-electron chi connectivity index (χ4n) is 5.80. The first kappa shape index (κ1) is 48.0. The van der Waals surface area contributed by atoms with Crippen molar-refractivity contribution < 1.29 is 33.5 Å². The van der Waals surface area contributed by atoms with Crippen molar-refractivity contribution in [2.75, 3.05) is 19.6 Å². The van der Waals surface area contributed by atoms with Gasteiger partial charge in [-0.2, -0.15) is 0 Å². The van der Waals surface area contributed by atoms with E-state index in [4.69, 9.17) is 10.5 Å². The van der Waals surface area contributed by atoms with Gasteiger partial charge in [0.15, 0.2) is 0 Å². The van der Waals surface area contributed by atoms with Crippen LogP contribution in [-0.2, 0) is 40.1 Å². The van der Waals surface area contributed by atoms with Crippen molar-refractivity contribution in [3.05, 3.63) is 35.9 Å². The van der Waals surface area contributed by atoms with E-state index >= 15 is 0 Å². The lowest BCUT2D eigenvalue weighted by Gasteiger charge is -2.25. The standard InChI is InChI=1S/C41H70N6O7/c1-25(2)16-32(41(53)54-24-31-14-12-11-13-15-31)22-44-36(48)18-30(10)46-40(52)34(27(5)6)23-45-37(49)19-33(17-26(3)4)47-39(51)29(9)21-43-38(50)20-35(42)28(7)8/h11-15,25-30,32-35H,16-24,42H2,1-10H3,(H,43,50)(H,44,48)(H,45,49)(H,46,52)(H,47,51)/t29-,30-,32-,33-,34+,35+/m0/s1. The molecule has 54 heavy (non-hydrogen) atoms. The maximum absolute atomic E-state index is 13.3. The van der Waals surface area contributed by atoms with E-state index in [1.54, 1.807) is 13.8 Å². The molecule has 6 atom stereocenters. The van der Waals surface area contributed by atoms with Gasteiger partial charge in [0.05, 0.1) is 17.8 Å². The minimum Gasteiger partial charge on any atom is -0.461 e. The number of hydrogen-bond acceptors (Lipinski definition) is 8. The van der Waals surface area contributed by atoms with Crippen LogP contribution in [-0.4, -0.2) is 73.3 Å². The number of hydrogen-bond donors (Lipinski definition) is 6. The van der Waals surface area contributed by atoms with Gasteiger partial charge < -0.3 is 37.1 Å². The van der Waals surface area contributed by atoms with Crippen LogP contribution < -0.4 is 32.3 Å². The van der Waals surface area contributed by atoms with Crippen molar-refractivity contribution >= 4 is 35.5 Å². The minimum atomic E-state index is -0.556. The number of amides is 5. The van der Waals surface area contributed by atoms with Crippen molar-refractivity contribution in [1.82, 2.24) is 26.6 Å². The van der Waals surface area contributed by atoms with Crippen LogP contribution in [0.2, 0.25) is 0 Å². The molecule has 0 radical (unpaired) electrons. The van der Waals surface area contributed by atoms with E-state index in [-0.39, 0.29) is 111 Å². The quantitative estimate of drug-likeness (QED) is 0.0809. The third-order valence-corrected chi connectivity index (χ3v) is 9.26. The van der Waals surface area contributed by atoms with E-state index in [1.165, 1.54) is 0 Å². The summed E-state index contributed by atoms with van der Waals surface area (Å²) in [5.41, 5.74) is 6.87. The SMILES string of the molecule is CC(C)C[C@@H](CC(=O)NC[C@@H](C(=O)N[C@@H](C)CC(=O)NC[C@H](CC(C)C)C(=O)OCc1ccccc1)C(C)C)NC(=O)[C@@H](C)CNC(=O)C[C@@H](N)C(C)C. The van der Waals surface area contributed by atoms with Gasteiger partial charge in [0.1, 0.15) is 6.61 Å². The molecule has 0 aliphatic rings. The summed E-state index contributed by atoms with van der Waals surface area (Å²) in [6.07, 6.45) is 1.36. The summed E-state index contributed by atoms with van der Waals surface area (Å²) in [6.45, 7) is 19.7. The molecular weight excluding hydrogens is 688 g/mol. The maximum Gasteiger partial charge on any atom is 0.311 e. The fraction of sp³-hybridized carbons (Fsp3) is 0.707. The van der Waals surface area contributed by atoms with Crippen molar-refractivity contribution in [2.24, 2.45) is 47.2 Å². The molecule has 1 aromatic rings. The van der Waals surface area contributed by atoms with E-state index in [2.05, 4.69) is 26.6 Å². The number of carbonyl (C=O) groups excluding carboxylic acids is 6. The van der Waals surface area contributed by atoms with Gasteiger partial charge in [-0.05, 0) is 49.0 Å². The van der Waals surface area contributed by atoms with Crippen LogP contribution in [0.1, 0.15) is 107 Å². The van der Waals surface area contributed by atoms with Crippen molar-refractivity contribution in [3.63, 3.8) is 0 Å². The van der Waals surface area contributed by atoms with Crippen LogP contribution in [0.15, 0.2) is 30.3 Å². The molecule has 0 aromatic heterocycles. The molecule has 0 bridgehead atoms. The average molecular weight is 759 g/mol. The fourth-order valence-corrected chi connectivity index (χ4v) is 5.80.